The average Bonchev–Trinajstić information content (AvgIpc) is 3.26. The molecule has 0 saturated heterocycles. The van der Waals surface area contributed by atoms with Gasteiger partial charge >= 0.3 is 0 Å². The second-order valence-electron chi connectivity index (χ2n) is 11.6. The molecule has 3 heteroatoms. The number of hydrogen-bond donors (Lipinski definition) is 1. The van der Waals surface area contributed by atoms with E-state index in [1.54, 1.807) is 12.1 Å². The highest BCUT2D eigenvalue weighted by Crippen LogP contribution is 2.63. The maximum Gasteiger partial charge on any atom is 0.150 e. The molecule has 5 atom stereocenters. The Balaban J connectivity index is 1.46. The monoisotopic (exact) mass is 518 g/mol. The summed E-state index contributed by atoms with van der Waals surface area (Å²) >= 11 is 0. The number of carbonyl (C=O) groups is 2. The van der Waals surface area contributed by atoms with E-state index in [1.807, 2.05) is 30.4 Å². The van der Waals surface area contributed by atoms with Crippen LogP contribution in [-0.2, 0) is 4.79 Å². The Kier molecular flexibility index (Phi) is 8.15. The van der Waals surface area contributed by atoms with Crippen molar-refractivity contribution in [2.75, 3.05) is 0 Å². The van der Waals surface area contributed by atoms with E-state index in [0.717, 1.165) is 68.6 Å². The molecule has 0 amide bonds. The standard InChI is InChI=1S/C36H38O3/c1-3-7-30-29(20-21-37)16-17-31-33-18-19-34(39)36(33,2)23-32(35(30)31)28-14-12-25(13-15-28)8-4-5-9-26-10-6-11-27(22-26)24-38/h5-6,9-15,20-22,24,31-34,39H,3,7,16-19,23H2,1-2H3/b9-5-,29-20-. The molecule has 1 N–H and O–H groups in total. The number of fused-ring (bicyclic) bond motifs is 3. The van der Waals surface area contributed by atoms with E-state index in [-0.39, 0.29) is 17.4 Å². The van der Waals surface area contributed by atoms with Crippen molar-refractivity contribution in [1.29, 1.82) is 0 Å². The molecular weight excluding hydrogens is 480 g/mol. The van der Waals surface area contributed by atoms with Gasteiger partial charge in [0.05, 0.1) is 6.10 Å². The fourth-order valence-corrected chi connectivity index (χ4v) is 7.57. The first-order valence-electron chi connectivity index (χ1n) is 14.4. The molecule has 3 nitrogen and oxygen atoms in total. The highest BCUT2D eigenvalue weighted by molar-refractivity contribution is 5.76. The van der Waals surface area contributed by atoms with Crippen LogP contribution >= 0.6 is 0 Å². The van der Waals surface area contributed by atoms with E-state index >= 15 is 0 Å². The highest BCUT2D eigenvalue weighted by atomic mass is 16.3. The van der Waals surface area contributed by atoms with Gasteiger partial charge in [0.15, 0.2) is 0 Å². The van der Waals surface area contributed by atoms with Gasteiger partial charge in [0.25, 0.3) is 0 Å². The predicted molar refractivity (Wildman–Crippen MR) is 157 cm³/mol. The van der Waals surface area contributed by atoms with Gasteiger partial charge < -0.3 is 5.11 Å². The van der Waals surface area contributed by atoms with Crippen LogP contribution in [0.4, 0.5) is 0 Å². The molecule has 0 radical (unpaired) electrons. The summed E-state index contributed by atoms with van der Waals surface area (Å²) in [6.07, 6.45) is 14.1. The molecule has 2 saturated carbocycles. The summed E-state index contributed by atoms with van der Waals surface area (Å²) in [6.45, 7) is 4.53. The van der Waals surface area contributed by atoms with Crippen molar-refractivity contribution in [2.45, 2.75) is 70.8 Å². The molecule has 5 unspecified atom stereocenters. The molecule has 5 rings (SSSR count). The molecule has 3 aliphatic carbocycles. The van der Waals surface area contributed by atoms with Crippen molar-refractivity contribution in [3.05, 3.63) is 99.7 Å². The molecule has 0 bridgehead atoms. The molecule has 3 aliphatic rings. The van der Waals surface area contributed by atoms with Crippen molar-refractivity contribution in [3.63, 3.8) is 0 Å². The Morgan fingerprint density at radius 3 is 2.59 bits per heavy atom. The minimum atomic E-state index is -0.253. The normalized spacial score (nSPS) is 29.1. The minimum absolute atomic E-state index is 0.0769. The second kappa shape index (κ2) is 11.7. The molecule has 0 aliphatic heterocycles. The summed E-state index contributed by atoms with van der Waals surface area (Å²) in [4.78, 5) is 22.5. The van der Waals surface area contributed by atoms with E-state index in [2.05, 4.69) is 50.0 Å². The Bertz CT molecular complexity index is 1380. The zero-order chi connectivity index (χ0) is 27.4. The summed E-state index contributed by atoms with van der Waals surface area (Å²) in [5, 5.41) is 11.1. The lowest BCUT2D eigenvalue weighted by atomic mass is 9.53. The first-order chi connectivity index (χ1) is 19.0. The van der Waals surface area contributed by atoms with Gasteiger partial charge in [-0.05, 0) is 114 Å². The van der Waals surface area contributed by atoms with Crippen molar-refractivity contribution in [1.82, 2.24) is 0 Å². The van der Waals surface area contributed by atoms with Crippen LogP contribution in [0.25, 0.3) is 6.08 Å². The molecule has 2 aromatic rings. The van der Waals surface area contributed by atoms with Crippen molar-refractivity contribution < 1.29 is 14.7 Å². The predicted octanol–water partition coefficient (Wildman–Crippen LogP) is 7.46. The first kappa shape index (κ1) is 27.1. The lowest BCUT2D eigenvalue weighted by Gasteiger charge is -2.51. The van der Waals surface area contributed by atoms with Crippen LogP contribution in [0.2, 0.25) is 0 Å². The van der Waals surface area contributed by atoms with Gasteiger partial charge in [-0.2, -0.15) is 0 Å². The van der Waals surface area contributed by atoms with E-state index in [4.69, 9.17) is 0 Å². The van der Waals surface area contributed by atoms with E-state index < -0.39 is 0 Å². The quantitative estimate of drug-likeness (QED) is 0.245. The highest BCUT2D eigenvalue weighted by Gasteiger charge is 2.56. The zero-order valence-corrected chi connectivity index (χ0v) is 23.0. The third-order valence-electron chi connectivity index (χ3n) is 9.43. The van der Waals surface area contributed by atoms with Gasteiger partial charge in [0, 0.05) is 17.0 Å². The number of rotatable bonds is 6. The SMILES string of the molecule is CCCC1=C2C(c3ccc(C#C/C=C\c4cccc(C=O)c4)cc3)CC3(C)C(O)CCC3C2CC/C1=C/C=O. The Morgan fingerprint density at radius 2 is 1.85 bits per heavy atom. The van der Waals surface area contributed by atoms with Crippen LogP contribution < -0.4 is 0 Å². The Morgan fingerprint density at radius 1 is 1.05 bits per heavy atom. The minimum Gasteiger partial charge on any atom is -0.393 e. The summed E-state index contributed by atoms with van der Waals surface area (Å²) in [5.41, 5.74) is 7.92. The number of aliphatic hydroxyl groups excluding tert-OH is 1. The van der Waals surface area contributed by atoms with Crippen LogP contribution in [-0.4, -0.2) is 23.8 Å². The van der Waals surface area contributed by atoms with E-state index in [1.165, 1.54) is 22.3 Å². The van der Waals surface area contributed by atoms with Crippen molar-refractivity contribution in [2.24, 2.45) is 17.3 Å². The summed E-state index contributed by atoms with van der Waals surface area (Å²) < 4.78 is 0. The van der Waals surface area contributed by atoms with Gasteiger partial charge in [-0.3, -0.25) is 9.59 Å². The van der Waals surface area contributed by atoms with Crippen LogP contribution in [0.1, 0.15) is 91.8 Å². The number of allylic oxidation sites excluding steroid dienone is 5. The van der Waals surface area contributed by atoms with Crippen LogP contribution in [0, 0.1) is 29.1 Å². The molecular formula is C36H38O3. The van der Waals surface area contributed by atoms with Gasteiger partial charge in [0.2, 0.25) is 0 Å². The van der Waals surface area contributed by atoms with Crippen LogP contribution in [0.3, 0.4) is 0 Å². The number of aliphatic hydroxyl groups is 1. The topological polar surface area (TPSA) is 54.4 Å². The molecule has 200 valence electrons. The maximum atomic E-state index is 11.5. The molecule has 2 aromatic carbocycles. The van der Waals surface area contributed by atoms with Crippen LogP contribution in [0.15, 0.2) is 77.4 Å². The lowest BCUT2D eigenvalue weighted by molar-refractivity contribution is -0.104. The molecule has 0 heterocycles. The van der Waals surface area contributed by atoms with Crippen LogP contribution in [0.5, 0.6) is 0 Å². The van der Waals surface area contributed by atoms with Gasteiger partial charge in [-0.1, -0.05) is 68.0 Å². The lowest BCUT2D eigenvalue weighted by Crippen LogP contribution is -2.44. The molecule has 0 aromatic heterocycles. The summed E-state index contributed by atoms with van der Waals surface area (Å²) in [5.74, 6) is 7.57. The van der Waals surface area contributed by atoms with Gasteiger partial charge in [-0.25, -0.2) is 0 Å². The van der Waals surface area contributed by atoms with E-state index in [9.17, 15) is 14.7 Å². The number of aldehydes is 2. The zero-order valence-electron chi connectivity index (χ0n) is 23.0. The summed E-state index contributed by atoms with van der Waals surface area (Å²) in [6, 6.07) is 16.1. The van der Waals surface area contributed by atoms with Gasteiger partial charge in [0.1, 0.15) is 12.6 Å². The Hall–Kier alpha value is -3.48. The van der Waals surface area contributed by atoms with Gasteiger partial charge in [-0.15, -0.1) is 0 Å². The Labute approximate surface area is 232 Å². The fraction of sp³-hybridized carbons (Fsp3) is 0.389. The average molecular weight is 519 g/mol. The molecule has 39 heavy (non-hydrogen) atoms. The molecule has 2 fully saturated rings. The number of carbonyl (C=O) groups excluding carboxylic acids is 2. The van der Waals surface area contributed by atoms with Crippen molar-refractivity contribution in [3.8, 4) is 11.8 Å². The number of benzene rings is 2. The van der Waals surface area contributed by atoms with Crippen molar-refractivity contribution >= 4 is 18.6 Å². The van der Waals surface area contributed by atoms with E-state index in [0.29, 0.717) is 17.4 Å². The number of hydrogen-bond acceptors (Lipinski definition) is 3. The first-order valence-corrected chi connectivity index (χ1v) is 14.4. The smallest absolute Gasteiger partial charge is 0.150 e. The summed E-state index contributed by atoms with van der Waals surface area (Å²) in [7, 11) is 0. The fourth-order valence-electron chi connectivity index (χ4n) is 7.57. The maximum absolute atomic E-state index is 11.5. The largest absolute Gasteiger partial charge is 0.393 e. The second-order valence-corrected chi connectivity index (χ2v) is 11.6. The third kappa shape index (κ3) is 5.36. The molecule has 0 spiro atoms. The third-order valence-corrected chi connectivity index (χ3v) is 9.43.